The van der Waals surface area contributed by atoms with E-state index >= 15 is 0 Å². The zero-order valence-corrected chi connectivity index (χ0v) is 37.7. The summed E-state index contributed by atoms with van der Waals surface area (Å²) in [6.07, 6.45) is 2.27. The molecule has 0 radical (unpaired) electrons. The number of hydrogen-bond donors (Lipinski definition) is 0. The van der Waals surface area contributed by atoms with Crippen LogP contribution in [0.1, 0.15) is 50.1 Å². The molecule has 0 spiro atoms. The lowest BCUT2D eigenvalue weighted by Crippen LogP contribution is -2.32. The summed E-state index contributed by atoms with van der Waals surface area (Å²) in [5.41, 5.74) is 9.54. The number of hydrogen-bond acceptors (Lipinski definition) is 11. The van der Waals surface area contributed by atoms with Gasteiger partial charge >= 0.3 is 0 Å². The zero-order chi connectivity index (χ0) is 45.2. The molecule has 334 valence electrons. The van der Waals surface area contributed by atoms with Crippen molar-refractivity contribution >= 4 is 34.5 Å². The van der Waals surface area contributed by atoms with Gasteiger partial charge < -0.3 is 38.1 Å². The second kappa shape index (κ2) is 24.2. The number of rotatable bonds is 2. The molecular weight excluding hydrogens is 863 g/mol. The molecule has 0 N–H and O–H groups in total. The number of nitriles is 3. The van der Waals surface area contributed by atoms with Gasteiger partial charge in [0.1, 0.15) is 73.2 Å². The molecule has 0 aromatic heterocycles. The third-order valence-electron chi connectivity index (χ3n) is 11.2. The third-order valence-corrected chi connectivity index (χ3v) is 11.2. The van der Waals surface area contributed by atoms with Crippen molar-refractivity contribution in [3.63, 3.8) is 0 Å². The van der Waals surface area contributed by atoms with E-state index in [0.29, 0.717) is 110 Å². The van der Waals surface area contributed by atoms with Gasteiger partial charge in [0.25, 0.3) is 0 Å². The Labute approximate surface area is 390 Å². The van der Waals surface area contributed by atoms with Crippen LogP contribution in [0.2, 0.25) is 0 Å². The lowest BCUT2D eigenvalue weighted by Gasteiger charge is -2.28. The van der Waals surface area contributed by atoms with Crippen molar-refractivity contribution in [1.82, 2.24) is 0 Å². The van der Waals surface area contributed by atoms with Crippen LogP contribution < -0.4 is 23.8 Å². The molecule has 11 nitrogen and oxygen atoms in total. The van der Waals surface area contributed by atoms with Gasteiger partial charge in [-0.2, -0.15) is 15.8 Å². The summed E-state index contributed by atoms with van der Waals surface area (Å²) in [5.74, 6) is 3.30. The van der Waals surface area contributed by atoms with Gasteiger partial charge in [-0.15, -0.1) is 23.2 Å². The molecule has 65 heavy (non-hydrogen) atoms. The molecule has 0 unspecified atom stereocenters. The number of benzene rings is 5. The summed E-state index contributed by atoms with van der Waals surface area (Å²) in [5, 5.41) is 29.0. The largest absolute Gasteiger partial charge is 0.491 e. The normalized spacial score (nSPS) is 15.5. The maximum atomic E-state index is 9.81. The van der Waals surface area contributed by atoms with Gasteiger partial charge in [-0.1, -0.05) is 84.9 Å². The van der Waals surface area contributed by atoms with Crippen LogP contribution in [0.25, 0.3) is 5.57 Å². The van der Waals surface area contributed by atoms with Crippen molar-refractivity contribution in [2.75, 3.05) is 89.4 Å². The molecule has 0 saturated carbocycles. The minimum Gasteiger partial charge on any atom is -0.491 e. The van der Waals surface area contributed by atoms with Crippen LogP contribution in [0.3, 0.4) is 0 Å². The second-order valence-electron chi connectivity index (χ2n) is 15.3. The Balaban J connectivity index is 0.00000204. The summed E-state index contributed by atoms with van der Waals surface area (Å²) in [4.78, 5) is 2.20. The van der Waals surface area contributed by atoms with E-state index < -0.39 is 0 Å². The van der Waals surface area contributed by atoms with E-state index in [0.717, 1.165) is 73.2 Å². The number of nitrogens with zero attached hydrogens (tertiary/aromatic N) is 4. The minimum absolute atomic E-state index is 0.0458. The summed E-state index contributed by atoms with van der Waals surface area (Å²) in [6.45, 7) is 5.17. The van der Waals surface area contributed by atoms with Gasteiger partial charge in [0.05, 0.1) is 63.6 Å². The first-order valence-corrected chi connectivity index (χ1v) is 22.7. The van der Waals surface area contributed by atoms with E-state index in [9.17, 15) is 15.8 Å². The highest BCUT2D eigenvalue weighted by Gasteiger charge is 2.23. The Kier molecular flexibility index (Phi) is 17.4. The second-order valence-corrected chi connectivity index (χ2v) is 16.1. The summed E-state index contributed by atoms with van der Waals surface area (Å²) < 4.78 is 44.8. The number of anilines is 1. The predicted octanol–water partition coefficient (Wildman–Crippen LogP) is 9.21. The monoisotopic (exact) mass is 912 g/mol. The molecule has 5 aromatic rings. The van der Waals surface area contributed by atoms with Gasteiger partial charge in [-0.05, 0) is 62.2 Å². The number of halogens is 2. The topological polar surface area (TPSA) is 139 Å². The minimum atomic E-state index is -0.219. The molecular formula is C52H50Cl2N4O7. The lowest BCUT2D eigenvalue weighted by molar-refractivity contribution is 0.00484. The van der Waals surface area contributed by atoms with E-state index in [1.165, 1.54) is 0 Å². The van der Waals surface area contributed by atoms with Gasteiger partial charge in [-0.3, -0.25) is 0 Å². The van der Waals surface area contributed by atoms with Crippen molar-refractivity contribution in [1.29, 1.82) is 15.8 Å². The molecule has 9 rings (SSSR count). The lowest BCUT2D eigenvalue weighted by atomic mass is 9.91. The Bertz CT molecular complexity index is 2340. The first-order chi connectivity index (χ1) is 32.0. The molecule has 0 fully saturated rings. The molecule has 5 aromatic carbocycles. The average Bonchev–Trinajstić information content (AvgIpc) is 3.31. The Morgan fingerprint density at radius 2 is 0.738 bits per heavy atom. The maximum Gasteiger partial charge on any atom is 0.148 e. The SMILES string of the molecule is ClCCl.N#CC(C#N)=C(C#N)c1ccc(N2CCOc3c4cccc3Cc3cccc5c3OCCOCCOCCOCCOc3c(cccc3Cc3cccc(c3OCC2)C5)C4)cc1. The first kappa shape index (κ1) is 46.8. The van der Waals surface area contributed by atoms with Crippen molar-refractivity contribution in [3.05, 3.63) is 153 Å². The average molecular weight is 914 g/mol. The number of fused-ring (bicyclic) bond motifs is 6. The van der Waals surface area contributed by atoms with Crippen LogP contribution in [-0.4, -0.2) is 84.5 Å². The highest BCUT2D eigenvalue weighted by atomic mass is 35.5. The van der Waals surface area contributed by atoms with Crippen molar-refractivity contribution in [2.45, 2.75) is 25.7 Å². The fraction of sp³-hybridized carbons (Fsp3) is 0.327. The number of para-hydroxylation sites is 4. The summed E-state index contributed by atoms with van der Waals surface area (Å²) in [6, 6.07) is 38.6. The molecule has 13 heteroatoms. The Morgan fingerprint density at radius 3 is 1.05 bits per heavy atom. The van der Waals surface area contributed by atoms with Crippen molar-refractivity contribution in [2.24, 2.45) is 0 Å². The highest BCUT2D eigenvalue weighted by Crippen LogP contribution is 2.39. The van der Waals surface area contributed by atoms with E-state index in [1.807, 2.05) is 30.3 Å². The smallest absolute Gasteiger partial charge is 0.148 e. The molecule has 0 amide bonds. The van der Waals surface area contributed by atoms with E-state index in [2.05, 4.69) is 77.7 Å². The first-order valence-electron chi connectivity index (χ1n) is 21.6. The molecule has 0 atom stereocenters. The van der Waals surface area contributed by atoms with Crippen LogP contribution in [0, 0.1) is 34.0 Å². The molecule has 3 aliphatic heterocycles. The number of alkyl halides is 2. The molecule has 1 aliphatic carbocycles. The van der Waals surface area contributed by atoms with Crippen LogP contribution in [0.5, 0.6) is 23.0 Å². The van der Waals surface area contributed by atoms with Gasteiger partial charge in [-0.25, -0.2) is 0 Å². The maximum absolute atomic E-state index is 9.81. The van der Waals surface area contributed by atoms with Crippen molar-refractivity contribution < 1.29 is 33.2 Å². The van der Waals surface area contributed by atoms with Gasteiger partial charge in [0.2, 0.25) is 0 Å². The van der Waals surface area contributed by atoms with Crippen LogP contribution in [0.4, 0.5) is 5.69 Å². The van der Waals surface area contributed by atoms with Crippen LogP contribution in [-0.2, 0) is 39.9 Å². The molecule has 4 aliphatic rings. The Hall–Kier alpha value is -6.23. The molecule has 3 heterocycles. The Morgan fingerprint density at radius 1 is 0.431 bits per heavy atom. The quantitative estimate of drug-likeness (QED) is 0.0934. The summed E-state index contributed by atoms with van der Waals surface area (Å²) in [7, 11) is 0. The molecule has 12 bridgehead atoms. The van der Waals surface area contributed by atoms with E-state index in [1.54, 1.807) is 12.1 Å². The number of ether oxygens (including phenoxy) is 7. The standard InChI is InChI=1S/C51H48N4O7.CH2Cl2/c52-33-45(34-53)47(35-54)36-13-15-46(16-14-36)55-17-19-59-48-37-5-1-6-38(48)30-42-10-4-12-44-32-40-8-2-7-39(49(40)60-20-18-55)31-43-11-3-9-41(29-37)50(43)61-27-25-57-23-21-56-22-24-58-26-28-62-51(42)44;2-1-3/h1-16H,17-32H2;1H2. The fourth-order valence-corrected chi connectivity index (χ4v) is 8.30. The fourth-order valence-electron chi connectivity index (χ4n) is 8.30. The summed E-state index contributed by atoms with van der Waals surface area (Å²) >= 11 is 9.53. The number of allylic oxidation sites excluding steroid dienone is 2. The highest BCUT2D eigenvalue weighted by molar-refractivity contribution is 6.40. The van der Waals surface area contributed by atoms with E-state index in [4.69, 9.17) is 56.4 Å². The predicted molar refractivity (Wildman–Crippen MR) is 250 cm³/mol. The third kappa shape index (κ3) is 12.1. The molecule has 0 saturated heterocycles. The van der Waals surface area contributed by atoms with Gasteiger partial charge in [0, 0.05) is 31.4 Å². The van der Waals surface area contributed by atoms with Crippen LogP contribution >= 0.6 is 23.2 Å². The van der Waals surface area contributed by atoms with Gasteiger partial charge in [0.15, 0.2) is 0 Å². The zero-order valence-electron chi connectivity index (χ0n) is 36.2. The van der Waals surface area contributed by atoms with Crippen molar-refractivity contribution in [3.8, 4) is 41.2 Å². The van der Waals surface area contributed by atoms with E-state index in [-0.39, 0.29) is 16.5 Å². The van der Waals surface area contributed by atoms with Crippen LogP contribution in [0.15, 0.2) is 103 Å².